The SMILES string of the molecule is CC[C@@H](C)NC(=O)[C@@H](CC)N(CCc1ccccc1)C(=O)CN(c1cccc2ccccc12)S(C)(=O)=O. The smallest absolute Gasteiger partial charge is 0.244 e. The van der Waals surface area contributed by atoms with Crippen molar-refractivity contribution < 1.29 is 18.0 Å². The van der Waals surface area contributed by atoms with Crippen LogP contribution in [0.5, 0.6) is 0 Å². The van der Waals surface area contributed by atoms with Gasteiger partial charge in [-0.05, 0) is 43.2 Å². The summed E-state index contributed by atoms with van der Waals surface area (Å²) in [7, 11) is -3.80. The van der Waals surface area contributed by atoms with Gasteiger partial charge in [-0.3, -0.25) is 13.9 Å². The maximum absolute atomic E-state index is 13.8. The Hall–Kier alpha value is -3.39. The lowest BCUT2D eigenvalue weighted by atomic mass is 10.1. The van der Waals surface area contributed by atoms with Crippen LogP contribution in [0.1, 0.15) is 39.2 Å². The van der Waals surface area contributed by atoms with Crippen molar-refractivity contribution in [3.63, 3.8) is 0 Å². The van der Waals surface area contributed by atoms with Crippen LogP contribution in [0.3, 0.4) is 0 Å². The van der Waals surface area contributed by atoms with Crippen LogP contribution in [0, 0.1) is 0 Å². The molecule has 0 aliphatic rings. The summed E-state index contributed by atoms with van der Waals surface area (Å²) in [6.45, 7) is 5.67. The fourth-order valence-electron chi connectivity index (χ4n) is 4.36. The van der Waals surface area contributed by atoms with Gasteiger partial charge in [0.25, 0.3) is 0 Å². The second kappa shape index (κ2) is 12.7. The van der Waals surface area contributed by atoms with E-state index in [4.69, 9.17) is 0 Å². The molecule has 0 unspecified atom stereocenters. The van der Waals surface area contributed by atoms with E-state index in [2.05, 4.69) is 5.32 Å². The van der Waals surface area contributed by atoms with Crippen molar-refractivity contribution in [1.29, 1.82) is 0 Å². The van der Waals surface area contributed by atoms with Gasteiger partial charge in [0.2, 0.25) is 21.8 Å². The first-order valence-electron chi connectivity index (χ1n) is 12.7. The fraction of sp³-hybridized carbons (Fsp3) is 0.379. The predicted octanol–water partition coefficient (Wildman–Crippen LogP) is 4.37. The molecule has 3 aromatic rings. The van der Waals surface area contributed by atoms with E-state index in [0.29, 0.717) is 25.1 Å². The van der Waals surface area contributed by atoms with Gasteiger partial charge in [-0.2, -0.15) is 0 Å². The number of rotatable bonds is 12. The summed E-state index contributed by atoms with van der Waals surface area (Å²) in [5.41, 5.74) is 1.47. The van der Waals surface area contributed by atoms with Gasteiger partial charge in [0.1, 0.15) is 12.6 Å². The van der Waals surface area contributed by atoms with Crippen molar-refractivity contribution in [2.24, 2.45) is 0 Å². The molecule has 0 fully saturated rings. The predicted molar refractivity (Wildman–Crippen MR) is 150 cm³/mol. The average molecular weight is 524 g/mol. The molecule has 198 valence electrons. The van der Waals surface area contributed by atoms with E-state index >= 15 is 0 Å². The highest BCUT2D eigenvalue weighted by Gasteiger charge is 2.32. The van der Waals surface area contributed by atoms with E-state index in [1.54, 1.807) is 12.1 Å². The van der Waals surface area contributed by atoms with E-state index in [0.717, 1.165) is 33.3 Å². The monoisotopic (exact) mass is 523 g/mol. The second-order valence-corrected chi connectivity index (χ2v) is 11.2. The molecular formula is C29H37N3O4S. The van der Waals surface area contributed by atoms with Gasteiger partial charge in [0.05, 0.1) is 11.9 Å². The van der Waals surface area contributed by atoms with Crippen LogP contribution < -0.4 is 9.62 Å². The molecule has 0 saturated carbocycles. The molecule has 7 nitrogen and oxygen atoms in total. The maximum Gasteiger partial charge on any atom is 0.244 e. The van der Waals surface area contributed by atoms with Crippen molar-refractivity contribution in [1.82, 2.24) is 10.2 Å². The van der Waals surface area contributed by atoms with Crippen molar-refractivity contribution >= 4 is 38.3 Å². The van der Waals surface area contributed by atoms with Gasteiger partial charge in [-0.25, -0.2) is 8.42 Å². The molecule has 37 heavy (non-hydrogen) atoms. The lowest BCUT2D eigenvalue weighted by Gasteiger charge is -2.33. The number of nitrogens with zero attached hydrogens (tertiary/aromatic N) is 2. The van der Waals surface area contributed by atoms with Crippen molar-refractivity contribution in [2.75, 3.05) is 23.7 Å². The Morgan fingerprint density at radius 3 is 2.19 bits per heavy atom. The van der Waals surface area contributed by atoms with Crippen LogP contribution in [-0.4, -0.2) is 56.6 Å². The number of benzene rings is 3. The van der Waals surface area contributed by atoms with E-state index in [9.17, 15) is 18.0 Å². The zero-order valence-corrected chi connectivity index (χ0v) is 22.9. The minimum Gasteiger partial charge on any atom is -0.352 e. The molecule has 0 saturated heterocycles. The van der Waals surface area contributed by atoms with Crippen LogP contribution >= 0.6 is 0 Å². The van der Waals surface area contributed by atoms with Crippen molar-refractivity contribution in [3.8, 4) is 0 Å². The van der Waals surface area contributed by atoms with E-state index in [1.165, 1.54) is 4.90 Å². The van der Waals surface area contributed by atoms with E-state index < -0.39 is 28.5 Å². The number of carbonyl (C=O) groups excluding carboxylic acids is 2. The number of nitrogens with one attached hydrogen (secondary N) is 1. The first-order valence-corrected chi connectivity index (χ1v) is 14.6. The highest BCUT2D eigenvalue weighted by Crippen LogP contribution is 2.28. The Balaban J connectivity index is 1.96. The molecule has 0 spiro atoms. The van der Waals surface area contributed by atoms with Gasteiger partial charge in [0, 0.05) is 18.0 Å². The summed E-state index contributed by atoms with van der Waals surface area (Å²) in [6, 6.07) is 21.9. The number of sulfonamides is 1. The molecular weight excluding hydrogens is 486 g/mol. The summed E-state index contributed by atoms with van der Waals surface area (Å²) in [6.07, 6.45) is 2.83. The fourth-order valence-corrected chi connectivity index (χ4v) is 5.22. The minimum atomic E-state index is -3.80. The van der Waals surface area contributed by atoms with Crippen molar-refractivity contribution in [3.05, 3.63) is 78.4 Å². The summed E-state index contributed by atoms with van der Waals surface area (Å²) < 4.78 is 27.0. The Labute approximate surface area is 220 Å². The number of carbonyl (C=O) groups is 2. The summed E-state index contributed by atoms with van der Waals surface area (Å²) >= 11 is 0. The van der Waals surface area contributed by atoms with Gasteiger partial charge in [0.15, 0.2) is 0 Å². The highest BCUT2D eigenvalue weighted by molar-refractivity contribution is 7.92. The summed E-state index contributed by atoms with van der Waals surface area (Å²) in [4.78, 5) is 28.6. The zero-order valence-electron chi connectivity index (χ0n) is 22.1. The van der Waals surface area contributed by atoms with Crippen LogP contribution in [0.4, 0.5) is 5.69 Å². The van der Waals surface area contributed by atoms with Crippen LogP contribution in [-0.2, 0) is 26.0 Å². The maximum atomic E-state index is 13.8. The molecule has 0 radical (unpaired) electrons. The number of hydrogen-bond acceptors (Lipinski definition) is 4. The first-order chi connectivity index (χ1) is 17.7. The average Bonchev–Trinajstić information content (AvgIpc) is 2.89. The quantitative estimate of drug-likeness (QED) is 0.382. The van der Waals surface area contributed by atoms with E-state index in [-0.39, 0.29) is 11.9 Å². The Morgan fingerprint density at radius 2 is 1.54 bits per heavy atom. The molecule has 2 atom stereocenters. The standard InChI is InChI=1S/C29H37N3O4S/c1-5-22(3)30-29(34)26(6-2)31(20-19-23-13-8-7-9-14-23)28(33)21-32(37(4,35)36)27-18-12-16-24-15-10-11-17-25(24)27/h7-18,22,26H,5-6,19-21H2,1-4H3,(H,30,34)/t22-,26-/m1/s1. The third-order valence-electron chi connectivity index (χ3n) is 6.59. The number of amides is 2. The molecule has 3 aromatic carbocycles. The Morgan fingerprint density at radius 1 is 0.892 bits per heavy atom. The van der Waals surface area contributed by atoms with Gasteiger partial charge >= 0.3 is 0 Å². The third kappa shape index (κ3) is 7.32. The zero-order chi connectivity index (χ0) is 27.0. The largest absolute Gasteiger partial charge is 0.352 e. The summed E-state index contributed by atoms with van der Waals surface area (Å²) in [5, 5.41) is 4.60. The van der Waals surface area contributed by atoms with Crippen LogP contribution in [0.25, 0.3) is 10.8 Å². The Kier molecular flexibility index (Phi) is 9.69. The van der Waals surface area contributed by atoms with E-state index in [1.807, 2.05) is 81.4 Å². The molecule has 0 aliphatic heterocycles. The number of anilines is 1. The first kappa shape index (κ1) is 28.2. The molecule has 8 heteroatoms. The van der Waals surface area contributed by atoms with Crippen LogP contribution in [0.2, 0.25) is 0 Å². The Bertz CT molecular complexity index is 1310. The molecule has 1 N–H and O–H groups in total. The lowest BCUT2D eigenvalue weighted by Crippen LogP contribution is -2.54. The normalized spacial score (nSPS) is 13.1. The molecule has 0 heterocycles. The minimum absolute atomic E-state index is 0.0316. The van der Waals surface area contributed by atoms with Gasteiger partial charge in [-0.1, -0.05) is 80.6 Å². The van der Waals surface area contributed by atoms with Gasteiger partial charge in [-0.15, -0.1) is 0 Å². The highest BCUT2D eigenvalue weighted by atomic mass is 32.2. The topological polar surface area (TPSA) is 86.8 Å². The molecule has 0 aliphatic carbocycles. The summed E-state index contributed by atoms with van der Waals surface area (Å²) in [5.74, 6) is -0.644. The molecule has 3 rings (SSSR count). The third-order valence-corrected chi connectivity index (χ3v) is 7.71. The molecule has 0 bridgehead atoms. The number of hydrogen-bond donors (Lipinski definition) is 1. The second-order valence-electron chi connectivity index (χ2n) is 9.33. The molecule has 0 aromatic heterocycles. The van der Waals surface area contributed by atoms with Gasteiger partial charge < -0.3 is 10.2 Å². The van der Waals surface area contributed by atoms with Crippen LogP contribution in [0.15, 0.2) is 72.8 Å². The number of fused-ring (bicyclic) bond motifs is 1. The molecule has 2 amide bonds. The van der Waals surface area contributed by atoms with Crippen molar-refractivity contribution in [2.45, 2.75) is 52.1 Å². The lowest BCUT2D eigenvalue weighted by molar-refractivity contribution is -0.139.